The Kier molecular flexibility index (Phi) is 5.98. The van der Waals surface area contributed by atoms with Crippen molar-refractivity contribution in [3.8, 4) is 5.75 Å². The third-order valence-electron chi connectivity index (χ3n) is 4.19. The van der Waals surface area contributed by atoms with E-state index in [2.05, 4.69) is 17.1 Å². The van der Waals surface area contributed by atoms with E-state index in [1.807, 2.05) is 31.3 Å². The number of anilines is 1. The van der Waals surface area contributed by atoms with E-state index in [-0.39, 0.29) is 24.2 Å². The molecule has 1 fully saturated rings. The molecule has 0 spiro atoms. The minimum absolute atomic E-state index is 0.0240. The van der Waals surface area contributed by atoms with E-state index in [1.54, 1.807) is 12.0 Å². The third kappa shape index (κ3) is 4.45. The van der Waals surface area contributed by atoms with Crippen molar-refractivity contribution < 1.29 is 14.3 Å². The quantitative estimate of drug-likeness (QED) is 0.818. The molecule has 1 aliphatic heterocycles. The van der Waals surface area contributed by atoms with Gasteiger partial charge in [-0.25, -0.2) is 0 Å². The summed E-state index contributed by atoms with van der Waals surface area (Å²) in [6, 6.07) is 7.35. The fourth-order valence-electron chi connectivity index (χ4n) is 2.58. The van der Waals surface area contributed by atoms with Gasteiger partial charge in [-0.2, -0.15) is 0 Å². The summed E-state index contributed by atoms with van der Waals surface area (Å²) >= 11 is 0. The van der Waals surface area contributed by atoms with E-state index in [0.717, 1.165) is 18.8 Å². The van der Waals surface area contributed by atoms with Crippen LogP contribution in [0.3, 0.4) is 0 Å². The van der Waals surface area contributed by atoms with Crippen molar-refractivity contribution in [2.45, 2.75) is 13.3 Å². The Balaban J connectivity index is 1.92. The molecule has 1 aliphatic rings. The second kappa shape index (κ2) is 7.97. The van der Waals surface area contributed by atoms with Crippen molar-refractivity contribution in [3.05, 3.63) is 24.3 Å². The Bertz CT molecular complexity index is 562. The number of nitrogens with one attached hydrogen (secondary N) is 1. The summed E-state index contributed by atoms with van der Waals surface area (Å²) in [4.78, 5) is 28.2. The number of methoxy groups -OCH3 is 1. The highest BCUT2D eigenvalue weighted by molar-refractivity contribution is 6.00. The van der Waals surface area contributed by atoms with Crippen LogP contribution in [0, 0.1) is 5.92 Å². The summed E-state index contributed by atoms with van der Waals surface area (Å²) in [5, 5.41) is 2.92. The highest BCUT2D eigenvalue weighted by atomic mass is 16.5. The van der Waals surface area contributed by atoms with Crippen LogP contribution >= 0.6 is 0 Å². The van der Waals surface area contributed by atoms with Gasteiger partial charge in [0.15, 0.2) is 0 Å². The second-order valence-electron chi connectivity index (χ2n) is 5.79. The van der Waals surface area contributed by atoms with Gasteiger partial charge in [0.1, 0.15) is 5.75 Å². The highest BCUT2D eigenvalue weighted by Gasteiger charge is 2.35. The molecule has 1 heterocycles. The largest absolute Gasteiger partial charge is 0.497 e. The van der Waals surface area contributed by atoms with Crippen molar-refractivity contribution in [2.24, 2.45) is 5.92 Å². The summed E-state index contributed by atoms with van der Waals surface area (Å²) < 4.78 is 5.19. The van der Waals surface area contributed by atoms with Crippen LogP contribution in [-0.4, -0.2) is 57.1 Å². The average Bonchev–Trinajstić information content (AvgIpc) is 2.96. The molecule has 1 atom stereocenters. The smallest absolute Gasteiger partial charge is 0.227 e. The molecule has 1 aromatic rings. The SMILES string of the molecule is CCN(C)CCNC(=O)[C@H]1CC(=O)N(c2cccc(OC)c2)C1. The fraction of sp³-hybridized carbons (Fsp3) is 0.529. The zero-order valence-corrected chi connectivity index (χ0v) is 14.0. The first-order chi connectivity index (χ1) is 11.0. The lowest BCUT2D eigenvalue weighted by molar-refractivity contribution is -0.126. The lowest BCUT2D eigenvalue weighted by Gasteiger charge is -2.18. The standard InChI is InChI=1S/C17H25N3O3/c1-4-19(2)9-8-18-17(22)13-10-16(21)20(12-13)14-6-5-7-15(11-14)23-3/h5-7,11,13H,4,8-10,12H2,1-3H3,(H,18,22)/t13-/m0/s1. The molecule has 1 saturated heterocycles. The number of hydrogen-bond donors (Lipinski definition) is 1. The molecule has 126 valence electrons. The van der Waals surface area contributed by atoms with Crippen molar-refractivity contribution in [3.63, 3.8) is 0 Å². The maximum atomic E-state index is 12.2. The van der Waals surface area contributed by atoms with Gasteiger partial charge < -0.3 is 19.9 Å². The van der Waals surface area contributed by atoms with Crippen LogP contribution in [0.1, 0.15) is 13.3 Å². The molecule has 23 heavy (non-hydrogen) atoms. The molecule has 0 aliphatic carbocycles. The van der Waals surface area contributed by atoms with Crippen molar-refractivity contribution in [2.75, 3.05) is 45.2 Å². The summed E-state index contributed by atoms with van der Waals surface area (Å²) in [6.45, 7) is 4.85. The molecule has 1 aromatic carbocycles. The van der Waals surface area contributed by atoms with Crippen LogP contribution in [0.15, 0.2) is 24.3 Å². The molecule has 2 rings (SSSR count). The van der Waals surface area contributed by atoms with Gasteiger partial charge in [-0.15, -0.1) is 0 Å². The molecule has 6 heteroatoms. The van der Waals surface area contributed by atoms with Gasteiger partial charge in [0, 0.05) is 37.8 Å². The lowest BCUT2D eigenvalue weighted by atomic mass is 10.1. The minimum atomic E-state index is -0.291. The Morgan fingerprint density at radius 2 is 2.26 bits per heavy atom. The highest BCUT2D eigenvalue weighted by Crippen LogP contribution is 2.27. The lowest BCUT2D eigenvalue weighted by Crippen LogP contribution is -2.37. The maximum Gasteiger partial charge on any atom is 0.227 e. The molecule has 0 bridgehead atoms. The normalized spacial score (nSPS) is 17.7. The Labute approximate surface area is 137 Å². The first-order valence-corrected chi connectivity index (χ1v) is 7.95. The van der Waals surface area contributed by atoms with E-state index in [1.165, 1.54) is 0 Å². The molecule has 0 aromatic heterocycles. The Hall–Kier alpha value is -2.08. The minimum Gasteiger partial charge on any atom is -0.497 e. The number of hydrogen-bond acceptors (Lipinski definition) is 4. The first kappa shape index (κ1) is 17.3. The number of likely N-dealkylation sites (N-methyl/N-ethyl adjacent to an activating group) is 1. The molecule has 0 saturated carbocycles. The monoisotopic (exact) mass is 319 g/mol. The van der Waals surface area contributed by atoms with Crippen molar-refractivity contribution in [1.29, 1.82) is 0 Å². The van der Waals surface area contributed by atoms with Gasteiger partial charge in [-0.05, 0) is 25.7 Å². The fourth-order valence-corrected chi connectivity index (χ4v) is 2.58. The van der Waals surface area contributed by atoms with Gasteiger partial charge in [0.05, 0.1) is 13.0 Å². The van der Waals surface area contributed by atoms with E-state index >= 15 is 0 Å². The number of carbonyl (C=O) groups excluding carboxylic acids is 2. The summed E-state index contributed by atoms with van der Waals surface area (Å²) in [7, 11) is 3.60. The van der Waals surface area contributed by atoms with Crippen LogP contribution in [0.2, 0.25) is 0 Å². The topological polar surface area (TPSA) is 61.9 Å². The number of amides is 2. The molecule has 2 amide bonds. The number of nitrogens with zero attached hydrogens (tertiary/aromatic N) is 2. The van der Waals surface area contributed by atoms with Gasteiger partial charge in [-0.1, -0.05) is 13.0 Å². The molecule has 1 N–H and O–H groups in total. The number of ether oxygens (including phenoxy) is 1. The van der Waals surface area contributed by atoms with Crippen LogP contribution in [0.25, 0.3) is 0 Å². The number of benzene rings is 1. The van der Waals surface area contributed by atoms with Crippen molar-refractivity contribution >= 4 is 17.5 Å². The molecule has 0 unspecified atom stereocenters. The van der Waals surface area contributed by atoms with Crippen LogP contribution in [-0.2, 0) is 9.59 Å². The van der Waals surface area contributed by atoms with Crippen LogP contribution < -0.4 is 15.0 Å². The van der Waals surface area contributed by atoms with E-state index in [4.69, 9.17) is 4.74 Å². The number of carbonyl (C=O) groups is 2. The molecule has 0 radical (unpaired) electrons. The van der Waals surface area contributed by atoms with E-state index in [9.17, 15) is 9.59 Å². The number of rotatable bonds is 7. The van der Waals surface area contributed by atoms with Crippen LogP contribution in [0.4, 0.5) is 5.69 Å². The first-order valence-electron chi connectivity index (χ1n) is 7.95. The zero-order valence-electron chi connectivity index (χ0n) is 14.0. The summed E-state index contributed by atoms with van der Waals surface area (Å²) in [5.41, 5.74) is 0.773. The van der Waals surface area contributed by atoms with E-state index in [0.29, 0.717) is 18.8 Å². The predicted molar refractivity (Wildman–Crippen MR) is 89.6 cm³/mol. The van der Waals surface area contributed by atoms with E-state index < -0.39 is 0 Å². The second-order valence-corrected chi connectivity index (χ2v) is 5.79. The van der Waals surface area contributed by atoms with Gasteiger partial charge in [0.25, 0.3) is 0 Å². The Morgan fingerprint density at radius 1 is 1.48 bits per heavy atom. The van der Waals surface area contributed by atoms with Gasteiger partial charge >= 0.3 is 0 Å². The average molecular weight is 319 g/mol. The Morgan fingerprint density at radius 3 is 2.96 bits per heavy atom. The zero-order chi connectivity index (χ0) is 16.8. The van der Waals surface area contributed by atoms with Gasteiger partial charge in [-0.3, -0.25) is 9.59 Å². The predicted octanol–water partition coefficient (Wildman–Crippen LogP) is 1.12. The third-order valence-corrected chi connectivity index (χ3v) is 4.19. The maximum absolute atomic E-state index is 12.2. The summed E-state index contributed by atoms with van der Waals surface area (Å²) in [6.07, 6.45) is 0.257. The van der Waals surface area contributed by atoms with Gasteiger partial charge in [0.2, 0.25) is 11.8 Å². The molecular weight excluding hydrogens is 294 g/mol. The van der Waals surface area contributed by atoms with Crippen LogP contribution in [0.5, 0.6) is 5.75 Å². The van der Waals surface area contributed by atoms with Crippen molar-refractivity contribution in [1.82, 2.24) is 10.2 Å². The summed E-state index contributed by atoms with van der Waals surface area (Å²) in [5.74, 6) is 0.337. The molecule has 6 nitrogen and oxygen atoms in total. The molecular formula is C17H25N3O3.